The van der Waals surface area contributed by atoms with Crippen molar-refractivity contribution in [2.75, 3.05) is 17.3 Å². The average molecular weight is 509 g/mol. The first kappa shape index (κ1) is 21.8. The van der Waals surface area contributed by atoms with Gasteiger partial charge in [0.05, 0.1) is 18.5 Å². The Kier molecular flexibility index (Phi) is 4.15. The summed E-state index contributed by atoms with van der Waals surface area (Å²) >= 11 is 0. The molecule has 4 aliphatic rings. The molecule has 0 unspecified atom stereocenters. The number of Topliss-reactive ketones (excluding diaryl/α,β-unsaturated/α-hetero) is 2. The Morgan fingerprint density at radius 1 is 0.641 bits per heavy atom. The first-order chi connectivity index (χ1) is 19.1. The summed E-state index contributed by atoms with van der Waals surface area (Å²) in [5.41, 5.74) is 4.73. The van der Waals surface area contributed by atoms with Gasteiger partial charge in [0.25, 0.3) is 0 Å². The third kappa shape index (κ3) is 2.48. The van der Waals surface area contributed by atoms with Gasteiger partial charge in [0.2, 0.25) is 5.91 Å². The van der Waals surface area contributed by atoms with Gasteiger partial charge in [-0.05, 0) is 30.3 Å². The van der Waals surface area contributed by atoms with Gasteiger partial charge in [0.15, 0.2) is 11.6 Å². The Morgan fingerprint density at radius 3 is 1.72 bits per heavy atom. The van der Waals surface area contributed by atoms with E-state index in [9.17, 15) is 14.4 Å². The number of nitrogens with zero attached hydrogens (tertiary/aromatic N) is 1. The van der Waals surface area contributed by atoms with Gasteiger partial charge >= 0.3 is 0 Å². The summed E-state index contributed by atoms with van der Waals surface area (Å²) in [6.07, 6.45) is 0. The molecule has 2 heterocycles. The Bertz CT molecular complexity index is 1800. The van der Waals surface area contributed by atoms with E-state index in [2.05, 4.69) is 5.32 Å². The van der Waals surface area contributed by atoms with E-state index < -0.39 is 5.41 Å². The number of benzene rings is 4. The second-order valence-corrected chi connectivity index (χ2v) is 9.98. The van der Waals surface area contributed by atoms with E-state index in [0.717, 1.165) is 16.8 Å². The van der Waals surface area contributed by atoms with E-state index in [4.69, 9.17) is 4.74 Å². The minimum absolute atomic E-state index is 0.249. The molecule has 2 aliphatic heterocycles. The highest BCUT2D eigenvalue weighted by atomic mass is 16.5. The molecular weight excluding hydrogens is 488 g/mol. The van der Waals surface area contributed by atoms with Crippen molar-refractivity contribution < 1.29 is 19.1 Å². The normalized spacial score (nSPS) is 17.7. The van der Waals surface area contributed by atoms with Gasteiger partial charge in [-0.1, -0.05) is 66.7 Å². The van der Waals surface area contributed by atoms with Crippen LogP contribution < -0.4 is 15.0 Å². The number of para-hydroxylation sites is 1. The van der Waals surface area contributed by atoms with E-state index >= 15 is 0 Å². The Hall–Kier alpha value is -5.23. The SMILES string of the molecule is COc1ccc(N2C3=C(C(=O)c4ccccc43)C3(C(=O)Nc4ccccc43)C3=C2c2ccccc2C3=O)cc1. The highest BCUT2D eigenvalue weighted by Crippen LogP contribution is 2.62. The number of nitrogens with one attached hydrogen (secondary N) is 1. The van der Waals surface area contributed by atoms with Crippen molar-refractivity contribution in [1.29, 1.82) is 0 Å². The number of ketones is 2. The lowest BCUT2D eigenvalue weighted by Crippen LogP contribution is -2.47. The minimum Gasteiger partial charge on any atom is -0.497 e. The highest BCUT2D eigenvalue weighted by Gasteiger charge is 2.64. The molecule has 0 aromatic heterocycles. The van der Waals surface area contributed by atoms with Crippen molar-refractivity contribution in [2.45, 2.75) is 5.41 Å². The summed E-state index contributed by atoms with van der Waals surface area (Å²) in [5, 5.41) is 3.00. The smallest absolute Gasteiger partial charge is 0.244 e. The van der Waals surface area contributed by atoms with Gasteiger partial charge in [-0.3, -0.25) is 14.4 Å². The predicted octanol–water partition coefficient (Wildman–Crippen LogP) is 5.62. The summed E-state index contributed by atoms with van der Waals surface area (Å²) in [4.78, 5) is 45.0. The van der Waals surface area contributed by atoms with Crippen LogP contribution in [-0.4, -0.2) is 24.6 Å². The number of hydrogen-bond donors (Lipinski definition) is 1. The zero-order chi connectivity index (χ0) is 26.5. The van der Waals surface area contributed by atoms with E-state index in [1.165, 1.54) is 0 Å². The van der Waals surface area contributed by atoms with E-state index in [1.807, 2.05) is 89.8 Å². The van der Waals surface area contributed by atoms with Crippen molar-refractivity contribution in [3.05, 3.63) is 136 Å². The molecular formula is C33H20N2O4. The molecule has 39 heavy (non-hydrogen) atoms. The summed E-state index contributed by atoms with van der Waals surface area (Å²) in [6, 6.07) is 29.7. The molecule has 0 bridgehead atoms. The van der Waals surface area contributed by atoms with Crippen molar-refractivity contribution in [1.82, 2.24) is 0 Å². The summed E-state index contributed by atoms with van der Waals surface area (Å²) in [6.45, 7) is 0. The van der Waals surface area contributed by atoms with Gasteiger partial charge in [-0.15, -0.1) is 0 Å². The Labute approximate surface area is 223 Å². The number of carbonyl (C=O) groups excluding carboxylic acids is 3. The molecule has 0 radical (unpaired) electrons. The molecule has 0 fully saturated rings. The number of fused-ring (bicyclic) bond motifs is 8. The van der Waals surface area contributed by atoms with Crippen LogP contribution in [0.4, 0.5) is 11.4 Å². The summed E-state index contributed by atoms with van der Waals surface area (Å²) < 4.78 is 5.40. The van der Waals surface area contributed by atoms with Crippen LogP contribution in [0.2, 0.25) is 0 Å². The topological polar surface area (TPSA) is 75.7 Å². The van der Waals surface area contributed by atoms with Crippen molar-refractivity contribution in [3.8, 4) is 5.75 Å². The molecule has 1 amide bonds. The molecule has 0 atom stereocenters. The highest BCUT2D eigenvalue weighted by molar-refractivity contribution is 6.39. The fourth-order valence-electron chi connectivity index (χ4n) is 6.67. The number of ether oxygens (including phenoxy) is 1. The number of anilines is 2. The summed E-state index contributed by atoms with van der Waals surface area (Å²) in [7, 11) is 1.61. The molecule has 6 heteroatoms. The van der Waals surface area contributed by atoms with E-state index in [1.54, 1.807) is 19.2 Å². The minimum atomic E-state index is -1.59. The van der Waals surface area contributed by atoms with Crippen LogP contribution in [0.25, 0.3) is 11.4 Å². The maximum absolute atomic E-state index is 14.4. The molecule has 4 aromatic carbocycles. The quantitative estimate of drug-likeness (QED) is 0.380. The van der Waals surface area contributed by atoms with Crippen LogP contribution in [0.3, 0.4) is 0 Å². The first-order valence-corrected chi connectivity index (χ1v) is 12.7. The monoisotopic (exact) mass is 508 g/mol. The number of methoxy groups -OCH3 is 1. The molecule has 0 saturated heterocycles. The van der Waals surface area contributed by atoms with Crippen molar-refractivity contribution in [3.63, 3.8) is 0 Å². The third-order valence-corrected chi connectivity index (χ3v) is 8.23. The summed E-state index contributed by atoms with van der Waals surface area (Å²) in [5.74, 6) is -0.200. The predicted molar refractivity (Wildman–Crippen MR) is 148 cm³/mol. The van der Waals surface area contributed by atoms with Crippen molar-refractivity contribution in [2.24, 2.45) is 0 Å². The van der Waals surface area contributed by atoms with Gasteiger partial charge in [0, 0.05) is 50.3 Å². The number of amides is 1. The van der Waals surface area contributed by atoms with Crippen LogP contribution in [-0.2, 0) is 10.2 Å². The van der Waals surface area contributed by atoms with Gasteiger partial charge < -0.3 is 15.0 Å². The van der Waals surface area contributed by atoms with Crippen LogP contribution >= 0.6 is 0 Å². The fourth-order valence-corrected chi connectivity index (χ4v) is 6.67. The fraction of sp³-hybridized carbons (Fsp3) is 0.0606. The van der Waals surface area contributed by atoms with Crippen LogP contribution in [0.5, 0.6) is 5.75 Å². The number of hydrogen-bond acceptors (Lipinski definition) is 5. The lowest BCUT2D eigenvalue weighted by atomic mass is 9.65. The van der Waals surface area contributed by atoms with Gasteiger partial charge in [-0.2, -0.15) is 0 Å². The Morgan fingerprint density at radius 2 is 1.15 bits per heavy atom. The van der Waals surface area contributed by atoms with Crippen LogP contribution in [0.1, 0.15) is 37.4 Å². The molecule has 1 N–H and O–H groups in total. The van der Waals surface area contributed by atoms with E-state index in [-0.39, 0.29) is 17.5 Å². The Balaban J connectivity index is 1.56. The maximum Gasteiger partial charge on any atom is 0.244 e. The first-order valence-electron chi connectivity index (χ1n) is 12.7. The molecule has 6 nitrogen and oxygen atoms in total. The molecule has 186 valence electrons. The van der Waals surface area contributed by atoms with Crippen LogP contribution in [0, 0.1) is 0 Å². The number of rotatable bonds is 2. The molecule has 8 rings (SSSR count). The molecule has 4 aromatic rings. The second-order valence-electron chi connectivity index (χ2n) is 9.98. The number of carbonyl (C=O) groups is 3. The largest absolute Gasteiger partial charge is 0.497 e. The molecule has 1 spiro atoms. The lowest BCUT2D eigenvalue weighted by Gasteiger charge is -2.41. The van der Waals surface area contributed by atoms with Crippen molar-refractivity contribution >= 4 is 40.2 Å². The van der Waals surface area contributed by atoms with Gasteiger partial charge in [-0.25, -0.2) is 0 Å². The standard InChI is InChI=1S/C33H20N2O4/c1-39-19-16-14-18(15-17-19)35-28-20-8-2-4-10-22(20)30(36)26(28)33(24-12-6-7-13-25(24)34-32(33)38)27-29(35)21-9-3-5-11-23(21)31(27)37/h2-17H,1H3,(H,34,38). The van der Waals surface area contributed by atoms with Gasteiger partial charge in [0.1, 0.15) is 11.2 Å². The second kappa shape index (κ2) is 7.42. The average Bonchev–Trinajstić information content (AvgIpc) is 3.56. The maximum atomic E-state index is 14.4. The third-order valence-electron chi connectivity index (χ3n) is 8.23. The van der Waals surface area contributed by atoms with Crippen LogP contribution in [0.15, 0.2) is 108 Å². The molecule has 2 aliphatic carbocycles. The lowest BCUT2D eigenvalue weighted by molar-refractivity contribution is -0.118. The zero-order valence-corrected chi connectivity index (χ0v) is 20.8. The molecule has 0 saturated carbocycles. The van der Waals surface area contributed by atoms with E-state index in [0.29, 0.717) is 50.7 Å². The zero-order valence-electron chi connectivity index (χ0n) is 20.8.